The van der Waals surface area contributed by atoms with Gasteiger partial charge in [0.1, 0.15) is 22.8 Å². The summed E-state index contributed by atoms with van der Waals surface area (Å²) in [7, 11) is 0. The number of fused-ring (bicyclic) bond motifs is 1. The zero-order valence-electron chi connectivity index (χ0n) is 21.0. The fraction of sp³-hybridized carbons (Fsp3) is 0.138. The number of anilines is 2. The Balaban J connectivity index is 1.66. The first-order chi connectivity index (χ1) is 18.5. The first-order valence-corrected chi connectivity index (χ1v) is 12.2. The molecule has 5 rings (SSSR count). The van der Waals surface area contributed by atoms with Crippen LogP contribution in [-0.4, -0.2) is 24.5 Å². The third-order valence-electron chi connectivity index (χ3n) is 6.18. The van der Waals surface area contributed by atoms with Crippen molar-refractivity contribution < 1.29 is 4.39 Å². The number of rotatable bonds is 7. The zero-order valence-corrected chi connectivity index (χ0v) is 21.0. The molecule has 2 aromatic carbocycles. The van der Waals surface area contributed by atoms with Gasteiger partial charge in [0.2, 0.25) is 5.95 Å². The van der Waals surface area contributed by atoms with E-state index in [-0.39, 0.29) is 16.9 Å². The van der Waals surface area contributed by atoms with Crippen LogP contribution in [-0.2, 0) is 0 Å². The van der Waals surface area contributed by atoms with Gasteiger partial charge in [-0.1, -0.05) is 37.3 Å². The lowest BCUT2D eigenvalue weighted by Gasteiger charge is -2.23. The second-order valence-corrected chi connectivity index (χ2v) is 8.70. The molecule has 0 aliphatic heterocycles. The van der Waals surface area contributed by atoms with E-state index in [1.807, 2.05) is 62.4 Å². The summed E-state index contributed by atoms with van der Waals surface area (Å²) >= 11 is 0. The molecular weight excluding hydrogens is 481 g/mol. The molecule has 0 radical (unpaired) electrons. The number of nitrogens with two attached hydrogens (primary N) is 1. The van der Waals surface area contributed by atoms with Crippen molar-refractivity contribution in [3.05, 3.63) is 112 Å². The predicted octanol–water partition coefficient (Wildman–Crippen LogP) is 5.33. The van der Waals surface area contributed by atoms with Crippen molar-refractivity contribution in [2.45, 2.75) is 26.3 Å². The largest absolute Gasteiger partial charge is 0.368 e. The molecule has 0 bridgehead atoms. The Hall–Kier alpha value is -4.92. The average molecular weight is 508 g/mol. The molecule has 5 aromatic rings. The van der Waals surface area contributed by atoms with E-state index < -0.39 is 17.4 Å². The first-order valence-electron chi connectivity index (χ1n) is 12.2. The fourth-order valence-electron chi connectivity index (χ4n) is 4.34. The number of halogens is 1. The minimum Gasteiger partial charge on any atom is -0.368 e. The van der Waals surface area contributed by atoms with Crippen LogP contribution >= 0.6 is 0 Å². The van der Waals surface area contributed by atoms with Crippen LogP contribution in [0.2, 0.25) is 0 Å². The number of hydrogen-bond acceptors (Lipinski definition) is 7. The van der Waals surface area contributed by atoms with Gasteiger partial charge in [0, 0.05) is 11.8 Å². The van der Waals surface area contributed by atoms with Crippen LogP contribution in [0.25, 0.3) is 28.7 Å². The fourth-order valence-corrected chi connectivity index (χ4v) is 4.34. The van der Waals surface area contributed by atoms with Crippen LogP contribution in [0.4, 0.5) is 16.2 Å². The summed E-state index contributed by atoms with van der Waals surface area (Å²) in [6, 6.07) is 18.7. The van der Waals surface area contributed by atoms with Gasteiger partial charge in [-0.3, -0.25) is 14.3 Å². The number of pyridine rings is 1. The molecule has 3 aromatic heterocycles. The SMILES string of the molecule is CCC(Nc1nc(N)nc(C)c1/C=C/c1ccccn1)c1nc2cccc(F)c2c(=O)n1-c1ccccc1. The highest BCUT2D eigenvalue weighted by Crippen LogP contribution is 2.28. The molecule has 38 heavy (non-hydrogen) atoms. The standard InChI is InChI=1S/C29H26FN7O/c1-3-23(34-26-21(18(2)33-29(31)36-26)16-15-19-10-7-8-17-32-19)27-35-24-14-9-13-22(30)25(24)28(38)37(27)20-11-5-4-6-12-20/h4-17,23H,3H2,1-2H3,(H3,31,33,34,36)/b16-15+. The van der Waals surface area contributed by atoms with Crippen molar-refractivity contribution >= 4 is 34.8 Å². The molecule has 3 N–H and O–H groups in total. The molecule has 3 heterocycles. The summed E-state index contributed by atoms with van der Waals surface area (Å²) in [6.45, 7) is 3.81. The van der Waals surface area contributed by atoms with E-state index in [0.717, 1.165) is 11.3 Å². The normalized spacial score (nSPS) is 12.2. The summed E-state index contributed by atoms with van der Waals surface area (Å²) in [5.41, 5.74) is 8.58. The van der Waals surface area contributed by atoms with E-state index in [4.69, 9.17) is 10.7 Å². The van der Waals surface area contributed by atoms with Crippen LogP contribution in [0.1, 0.15) is 42.2 Å². The minimum atomic E-state index is -0.613. The van der Waals surface area contributed by atoms with Crippen molar-refractivity contribution in [1.29, 1.82) is 0 Å². The smallest absolute Gasteiger partial charge is 0.269 e. The van der Waals surface area contributed by atoms with Gasteiger partial charge in [-0.2, -0.15) is 4.98 Å². The number of benzene rings is 2. The van der Waals surface area contributed by atoms with E-state index in [1.165, 1.54) is 10.6 Å². The number of nitrogens with zero attached hydrogens (tertiary/aromatic N) is 5. The topological polar surface area (TPSA) is 112 Å². The summed E-state index contributed by atoms with van der Waals surface area (Å²) in [4.78, 5) is 31.6. The molecule has 0 spiro atoms. The molecule has 190 valence electrons. The average Bonchev–Trinajstić information content (AvgIpc) is 2.92. The molecule has 0 saturated carbocycles. The highest BCUT2D eigenvalue weighted by molar-refractivity contribution is 5.79. The van der Waals surface area contributed by atoms with Crippen LogP contribution < -0.4 is 16.6 Å². The van der Waals surface area contributed by atoms with Gasteiger partial charge in [-0.15, -0.1) is 0 Å². The Labute approximate surface area is 218 Å². The molecule has 0 aliphatic rings. The Bertz CT molecular complexity index is 1690. The maximum atomic E-state index is 14.8. The Morgan fingerprint density at radius 3 is 2.53 bits per heavy atom. The third kappa shape index (κ3) is 4.86. The molecule has 0 amide bonds. The van der Waals surface area contributed by atoms with Gasteiger partial charge in [0.05, 0.1) is 28.6 Å². The van der Waals surface area contributed by atoms with Gasteiger partial charge in [0.25, 0.3) is 5.56 Å². The van der Waals surface area contributed by atoms with Crippen molar-refractivity contribution in [1.82, 2.24) is 24.5 Å². The van der Waals surface area contributed by atoms with Gasteiger partial charge < -0.3 is 11.1 Å². The summed E-state index contributed by atoms with van der Waals surface area (Å²) in [5.74, 6) is 0.417. The molecule has 8 nitrogen and oxygen atoms in total. The van der Waals surface area contributed by atoms with Crippen molar-refractivity contribution in [3.63, 3.8) is 0 Å². The number of aromatic nitrogens is 5. The number of aryl methyl sites for hydroxylation is 1. The van der Waals surface area contributed by atoms with Crippen LogP contribution in [0.15, 0.2) is 77.7 Å². The zero-order chi connectivity index (χ0) is 26.6. The summed E-state index contributed by atoms with van der Waals surface area (Å²) < 4.78 is 16.2. The van der Waals surface area contributed by atoms with Gasteiger partial charge >= 0.3 is 0 Å². The highest BCUT2D eigenvalue weighted by atomic mass is 19.1. The lowest BCUT2D eigenvalue weighted by Crippen LogP contribution is -2.29. The molecule has 1 atom stereocenters. The maximum Gasteiger partial charge on any atom is 0.269 e. The molecule has 9 heteroatoms. The molecule has 0 fully saturated rings. The second kappa shape index (κ2) is 10.6. The minimum absolute atomic E-state index is 0.0592. The summed E-state index contributed by atoms with van der Waals surface area (Å²) in [6.07, 6.45) is 6.01. The second-order valence-electron chi connectivity index (χ2n) is 8.70. The van der Waals surface area contributed by atoms with Crippen molar-refractivity contribution in [2.24, 2.45) is 0 Å². The van der Waals surface area contributed by atoms with E-state index >= 15 is 0 Å². The molecular formula is C29H26FN7O. The Morgan fingerprint density at radius 2 is 1.79 bits per heavy atom. The predicted molar refractivity (Wildman–Crippen MR) is 148 cm³/mol. The number of hydrogen-bond donors (Lipinski definition) is 2. The summed E-state index contributed by atoms with van der Waals surface area (Å²) in [5, 5.41) is 3.37. The molecule has 0 aliphatic carbocycles. The van der Waals surface area contributed by atoms with Gasteiger partial charge in [-0.05, 0) is 61.9 Å². The van der Waals surface area contributed by atoms with Crippen LogP contribution in [0, 0.1) is 12.7 Å². The number of para-hydroxylation sites is 1. The molecule has 1 unspecified atom stereocenters. The maximum absolute atomic E-state index is 14.8. The highest BCUT2D eigenvalue weighted by Gasteiger charge is 2.23. The van der Waals surface area contributed by atoms with Crippen LogP contribution in [0.5, 0.6) is 0 Å². The first kappa shape index (κ1) is 24.8. The number of nitrogens with one attached hydrogen (secondary N) is 1. The number of nitrogen functional groups attached to an aromatic ring is 1. The quantitative estimate of drug-likeness (QED) is 0.306. The Kier molecular flexibility index (Phi) is 6.90. The van der Waals surface area contributed by atoms with E-state index in [0.29, 0.717) is 29.4 Å². The lowest BCUT2D eigenvalue weighted by atomic mass is 10.1. The lowest BCUT2D eigenvalue weighted by molar-refractivity contribution is 0.630. The molecule has 0 saturated heterocycles. The van der Waals surface area contributed by atoms with E-state index in [2.05, 4.69) is 20.3 Å². The van der Waals surface area contributed by atoms with E-state index in [9.17, 15) is 9.18 Å². The van der Waals surface area contributed by atoms with Gasteiger partial charge in [0.15, 0.2) is 0 Å². The van der Waals surface area contributed by atoms with E-state index in [1.54, 1.807) is 30.5 Å². The van der Waals surface area contributed by atoms with Crippen LogP contribution in [0.3, 0.4) is 0 Å². The Morgan fingerprint density at radius 1 is 1.00 bits per heavy atom. The van der Waals surface area contributed by atoms with Crippen molar-refractivity contribution in [2.75, 3.05) is 11.1 Å². The third-order valence-corrected chi connectivity index (χ3v) is 6.18. The van der Waals surface area contributed by atoms with Gasteiger partial charge in [-0.25, -0.2) is 14.4 Å². The van der Waals surface area contributed by atoms with Crippen molar-refractivity contribution in [3.8, 4) is 5.69 Å². The monoisotopic (exact) mass is 507 g/mol.